The molecule has 0 amide bonds. The zero-order valence-electron chi connectivity index (χ0n) is 12.3. The molecule has 3 rings (SSSR count). The van der Waals surface area contributed by atoms with E-state index >= 15 is 0 Å². The van der Waals surface area contributed by atoms with Gasteiger partial charge in [0.1, 0.15) is 18.3 Å². The van der Waals surface area contributed by atoms with E-state index in [0.29, 0.717) is 0 Å². The van der Waals surface area contributed by atoms with Crippen LogP contribution in [0.25, 0.3) is 11.2 Å². The van der Waals surface area contributed by atoms with Gasteiger partial charge in [-0.25, -0.2) is 9.55 Å². The minimum absolute atomic E-state index is 0.0323. The quantitative estimate of drug-likeness (QED) is 0.207. The molecule has 4 atom stereocenters. The van der Waals surface area contributed by atoms with Crippen molar-refractivity contribution in [2.24, 2.45) is 0 Å². The van der Waals surface area contributed by atoms with Crippen LogP contribution < -0.4 is 5.73 Å². The van der Waals surface area contributed by atoms with Gasteiger partial charge in [-0.3, -0.25) is 4.57 Å². The summed E-state index contributed by atoms with van der Waals surface area (Å²) in [7, 11) is -4.64. The minimum Gasteiger partial charge on any atom is -0.394 e. The van der Waals surface area contributed by atoms with Crippen LogP contribution in [-0.2, 0) is 9.30 Å². The number of halogens is 1. The number of nitrogens with zero attached hydrogens (tertiary/aromatic N) is 4. The van der Waals surface area contributed by atoms with Crippen LogP contribution in [0.5, 0.6) is 0 Å². The van der Waals surface area contributed by atoms with Crippen LogP contribution in [0.1, 0.15) is 6.23 Å². The van der Waals surface area contributed by atoms with Crippen molar-refractivity contribution in [3.63, 3.8) is 0 Å². The third-order valence-corrected chi connectivity index (χ3v) is 3.21. The van der Waals surface area contributed by atoms with E-state index in [1.54, 1.807) is 0 Å². The summed E-state index contributed by atoms with van der Waals surface area (Å²) in [4.78, 5) is 32.4. The molecule has 140 valence electrons. The monoisotopic (exact) mass is 383 g/mol. The first kappa shape index (κ1) is 19.6. The number of aliphatic hydroxyl groups is 3. The molecule has 0 saturated carbocycles. The number of aliphatic hydroxyl groups excluding tert-OH is 3. The molecule has 1 saturated heterocycles. The molecule has 15 heteroatoms. The number of ether oxygens (including phenoxy) is 1. The maximum atomic E-state index is 13.2. The number of imidazole rings is 1. The highest BCUT2D eigenvalue weighted by atomic mass is 31.2. The van der Waals surface area contributed by atoms with Crippen LogP contribution in [0.4, 0.5) is 10.2 Å². The molecule has 1 aliphatic rings. The molecule has 3 heterocycles. The lowest BCUT2D eigenvalue weighted by Gasteiger charge is -2.16. The highest BCUT2D eigenvalue weighted by Crippen LogP contribution is 2.31. The fraction of sp³-hybridized carbons (Fsp3) is 0.500. The molecular weight excluding hydrogens is 368 g/mol. The van der Waals surface area contributed by atoms with Crippen molar-refractivity contribution in [3.05, 3.63) is 12.4 Å². The van der Waals surface area contributed by atoms with E-state index in [1.165, 1.54) is 10.9 Å². The van der Waals surface area contributed by atoms with Crippen LogP contribution >= 0.6 is 7.82 Å². The standard InChI is InChI=1S/C10H12FN5O4.H3O4P/c11-10-14-7(12)4-8(15-10)16(2-13-4)9-6(19)5(18)3(1-17)20-9;1-5(2,3)4/h2-3,5-6,9,17-19H,1H2,(H2,12,14,15);(H3,1,2,3,4)/t3-,5-,6+,9?;/m1./s1. The molecule has 0 bridgehead atoms. The van der Waals surface area contributed by atoms with Crippen molar-refractivity contribution in [2.75, 3.05) is 12.3 Å². The number of fused-ring (bicyclic) bond motifs is 1. The number of aromatic nitrogens is 4. The van der Waals surface area contributed by atoms with Gasteiger partial charge in [0.25, 0.3) is 0 Å². The van der Waals surface area contributed by atoms with Gasteiger partial charge in [-0.1, -0.05) is 0 Å². The van der Waals surface area contributed by atoms with Crippen molar-refractivity contribution in [2.45, 2.75) is 24.5 Å². The largest absolute Gasteiger partial charge is 0.466 e. The summed E-state index contributed by atoms with van der Waals surface area (Å²) < 4.78 is 28.7. The second-order valence-electron chi connectivity index (χ2n) is 4.94. The number of phosphoric acid groups is 1. The lowest BCUT2D eigenvalue weighted by atomic mass is 10.1. The lowest BCUT2D eigenvalue weighted by molar-refractivity contribution is -0.0511. The average Bonchev–Trinajstić information content (AvgIpc) is 3.00. The first-order valence-electron chi connectivity index (χ1n) is 6.59. The van der Waals surface area contributed by atoms with Crippen molar-refractivity contribution >= 4 is 24.8 Å². The number of nitrogen functional groups attached to an aromatic ring is 1. The van der Waals surface area contributed by atoms with Gasteiger partial charge in [-0.15, -0.1) is 0 Å². The third kappa shape index (κ3) is 4.45. The van der Waals surface area contributed by atoms with Crippen molar-refractivity contribution in [1.29, 1.82) is 0 Å². The third-order valence-electron chi connectivity index (χ3n) is 3.21. The van der Waals surface area contributed by atoms with Gasteiger partial charge in [-0.2, -0.15) is 14.4 Å². The second kappa shape index (κ2) is 7.23. The molecule has 1 fully saturated rings. The van der Waals surface area contributed by atoms with E-state index in [-0.39, 0.29) is 17.0 Å². The van der Waals surface area contributed by atoms with E-state index in [0.717, 1.165) is 0 Å². The predicted octanol–water partition coefficient (Wildman–Crippen LogP) is -2.77. The molecule has 8 N–H and O–H groups in total. The zero-order chi connectivity index (χ0) is 18.9. The second-order valence-corrected chi connectivity index (χ2v) is 5.97. The Morgan fingerprint density at radius 1 is 1.28 bits per heavy atom. The van der Waals surface area contributed by atoms with Crippen molar-refractivity contribution in [1.82, 2.24) is 19.5 Å². The Morgan fingerprint density at radius 2 is 1.88 bits per heavy atom. The topological polar surface area (TPSA) is 217 Å². The van der Waals surface area contributed by atoms with Gasteiger partial charge in [0, 0.05) is 0 Å². The van der Waals surface area contributed by atoms with Gasteiger partial charge < -0.3 is 40.5 Å². The van der Waals surface area contributed by atoms with Crippen LogP contribution in [0.3, 0.4) is 0 Å². The molecule has 0 spiro atoms. The first-order valence-corrected chi connectivity index (χ1v) is 8.15. The maximum Gasteiger partial charge on any atom is 0.466 e. The van der Waals surface area contributed by atoms with E-state index in [9.17, 15) is 14.6 Å². The predicted molar refractivity (Wildman–Crippen MR) is 77.0 cm³/mol. The Labute approximate surface area is 138 Å². The van der Waals surface area contributed by atoms with Crippen LogP contribution in [-0.4, -0.2) is 74.4 Å². The summed E-state index contributed by atoms with van der Waals surface area (Å²) in [6.07, 6.45) is -4.38. The molecule has 1 unspecified atom stereocenters. The fourth-order valence-corrected chi connectivity index (χ4v) is 2.21. The smallest absolute Gasteiger partial charge is 0.394 e. The molecule has 0 aromatic carbocycles. The van der Waals surface area contributed by atoms with Gasteiger partial charge in [0.2, 0.25) is 0 Å². The molecule has 0 radical (unpaired) electrons. The normalized spacial score (nSPS) is 26.5. The Morgan fingerprint density at radius 3 is 2.40 bits per heavy atom. The Hall–Kier alpha value is -1.77. The maximum absolute atomic E-state index is 13.2. The molecule has 1 aliphatic heterocycles. The zero-order valence-corrected chi connectivity index (χ0v) is 13.2. The summed E-state index contributed by atoms with van der Waals surface area (Å²) in [5, 5.41) is 28.7. The van der Waals surface area contributed by atoms with E-state index < -0.39 is 45.0 Å². The molecule has 13 nitrogen and oxygen atoms in total. The summed E-state index contributed by atoms with van der Waals surface area (Å²) >= 11 is 0. The molecule has 0 aliphatic carbocycles. The summed E-state index contributed by atoms with van der Waals surface area (Å²) in [6, 6.07) is 0. The number of hydrogen-bond acceptors (Lipinski definition) is 9. The molecular formula is C10H15FN5O8P. The average molecular weight is 383 g/mol. The summed E-state index contributed by atoms with van der Waals surface area (Å²) in [5.74, 6) is -0.141. The highest BCUT2D eigenvalue weighted by molar-refractivity contribution is 7.45. The fourth-order valence-electron chi connectivity index (χ4n) is 2.21. The molecule has 2 aromatic heterocycles. The van der Waals surface area contributed by atoms with Crippen LogP contribution in [0.2, 0.25) is 0 Å². The Bertz CT molecular complexity index is 791. The van der Waals surface area contributed by atoms with Crippen molar-refractivity contribution < 1.29 is 43.7 Å². The lowest BCUT2D eigenvalue weighted by Crippen LogP contribution is -2.33. The first-order chi connectivity index (χ1) is 11.5. The Kier molecular flexibility index (Phi) is 5.65. The summed E-state index contributed by atoms with van der Waals surface area (Å²) in [5.41, 5.74) is 5.71. The number of nitrogens with two attached hydrogens (primary N) is 1. The number of rotatable bonds is 2. The minimum atomic E-state index is -4.64. The van der Waals surface area contributed by atoms with Gasteiger partial charge >= 0.3 is 13.9 Å². The molecule has 2 aromatic rings. The molecule has 25 heavy (non-hydrogen) atoms. The van der Waals surface area contributed by atoms with Crippen LogP contribution in [0, 0.1) is 6.08 Å². The number of hydrogen-bond donors (Lipinski definition) is 7. The highest BCUT2D eigenvalue weighted by Gasteiger charge is 2.44. The van der Waals surface area contributed by atoms with Crippen molar-refractivity contribution in [3.8, 4) is 0 Å². The van der Waals surface area contributed by atoms with Gasteiger partial charge in [0.15, 0.2) is 23.2 Å². The van der Waals surface area contributed by atoms with E-state index in [4.69, 9.17) is 34.8 Å². The van der Waals surface area contributed by atoms with E-state index in [2.05, 4.69) is 15.0 Å². The van der Waals surface area contributed by atoms with Gasteiger partial charge in [0.05, 0.1) is 12.9 Å². The van der Waals surface area contributed by atoms with Crippen LogP contribution in [0.15, 0.2) is 6.33 Å². The SMILES string of the molecule is Nc1nc(F)nc2c1ncn2C1O[C@H](CO)[C@@H](O)[C@@H]1O.O=P(O)(O)O. The summed E-state index contributed by atoms with van der Waals surface area (Å²) in [6.45, 7) is -0.465. The number of anilines is 1. The van der Waals surface area contributed by atoms with E-state index in [1.807, 2.05) is 0 Å². The Balaban J connectivity index is 0.000000399. The van der Waals surface area contributed by atoms with Gasteiger partial charge in [-0.05, 0) is 0 Å².